The van der Waals surface area contributed by atoms with Crippen molar-refractivity contribution in [1.82, 2.24) is 0 Å². The third-order valence-electron chi connectivity index (χ3n) is 3.09. The average Bonchev–Trinajstić information content (AvgIpc) is 2.52. The molecule has 1 radical (unpaired) electrons. The molecule has 25 heavy (non-hydrogen) atoms. The number of hydrogen-bond donors (Lipinski definition) is 2. The van der Waals surface area contributed by atoms with E-state index in [1.807, 2.05) is 0 Å². The Morgan fingerprint density at radius 1 is 1.00 bits per heavy atom. The average molecular weight is 385 g/mol. The second-order valence-electron chi connectivity index (χ2n) is 4.85. The van der Waals surface area contributed by atoms with E-state index in [2.05, 4.69) is 16.3 Å². The third-order valence-corrected chi connectivity index (χ3v) is 4.85. The van der Waals surface area contributed by atoms with Gasteiger partial charge in [-0.25, -0.2) is 0 Å². The SMILES string of the molecule is COc1[c]cc(C)c(N=Nc2cc(S(=O)(=O)O)ccc2S(=O)(=O)O)c1. The summed E-state index contributed by atoms with van der Waals surface area (Å²) in [6.07, 6.45) is 0. The third kappa shape index (κ3) is 4.60. The standard InChI is InChI=1S/C14H13N2O7S2/c1-9-3-4-10(23-2)7-12(9)15-16-13-8-11(24(17,18)19)5-6-14(13)25(20,21)22/h3,5-8H,1-2H3,(H,17,18,19)(H,20,21,22). The predicted molar refractivity (Wildman–Crippen MR) is 86.8 cm³/mol. The van der Waals surface area contributed by atoms with E-state index in [1.54, 1.807) is 13.0 Å². The van der Waals surface area contributed by atoms with Gasteiger partial charge in [-0.3, -0.25) is 9.11 Å². The molecule has 0 bridgehead atoms. The quantitative estimate of drug-likeness (QED) is 0.595. The summed E-state index contributed by atoms with van der Waals surface area (Å²) < 4.78 is 68.5. The number of benzene rings is 2. The van der Waals surface area contributed by atoms with Crippen LogP contribution in [-0.4, -0.2) is 33.1 Å². The molecule has 0 fully saturated rings. The van der Waals surface area contributed by atoms with Gasteiger partial charge in [0.05, 0.1) is 17.7 Å². The van der Waals surface area contributed by atoms with Gasteiger partial charge in [0.15, 0.2) is 0 Å². The predicted octanol–water partition coefficient (Wildman–Crippen LogP) is 2.71. The summed E-state index contributed by atoms with van der Waals surface area (Å²) in [6.45, 7) is 1.70. The monoisotopic (exact) mass is 385 g/mol. The van der Waals surface area contributed by atoms with Crippen LogP contribution in [0.3, 0.4) is 0 Å². The van der Waals surface area contributed by atoms with Crippen LogP contribution in [0.1, 0.15) is 5.56 Å². The minimum Gasteiger partial charge on any atom is -0.496 e. The van der Waals surface area contributed by atoms with Crippen LogP contribution in [0.2, 0.25) is 0 Å². The molecule has 11 heteroatoms. The Morgan fingerprint density at radius 2 is 1.64 bits per heavy atom. The maximum atomic E-state index is 11.4. The normalized spacial score (nSPS) is 12.5. The van der Waals surface area contributed by atoms with E-state index in [0.29, 0.717) is 17.0 Å². The Morgan fingerprint density at radius 3 is 2.20 bits per heavy atom. The Balaban J connectivity index is 2.61. The lowest BCUT2D eigenvalue weighted by Gasteiger charge is -2.05. The molecule has 2 N–H and O–H groups in total. The van der Waals surface area contributed by atoms with Gasteiger partial charge in [0.1, 0.15) is 16.3 Å². The number of aryl methyl sites for hydroxylation is 1. The fourth-order valence-electron chi connectivity index (χ4n) is 1.82. The first-order valence-electron chi connectivity index (χ1n) is 6.59. The fourth-order valence-corrected chi connectivity index (χ4v) is 2.92. The van der Waals surface area contributed by atoms with Crippen LogP contribution in [0.4, 0.5) is 11.4 Å². The molecular formula is C14H13N2O7S2. The molecule has 0 atom stereocenters. The van der Waals surface area contributed by atoms with Crippen molar-refractivity contribution in [3.8, 4) is 5.75 Å². The zero-order valence-electron chi connectivity index (χ0n) is 13.0. The molecule has 0 saturated carbocycles. The van der Waals surface area contributed by atoms with Gasteiger partial charge in [-0.15, -0.1) is 5.11 Å². The maximum Gasteiger partial charge on any atom is 0.296 e. The van der Waals surface area contributed by atoms with Gasteiger partial charge >= 0.3 is 0 Å². The highest BCUT2D eigenvalue weighted by Gasteiger charge is 2.19. The first-order valence-corrected chi connectivity index (χ1v) is 9.47. The summed E-state index contributed by atoms with van der Waals surface area (Å²) in [5, 5.41) is 7.55. The molecule has 0 aliphatic carbocycles. The molecule has 0 spiro atoms. The number of ether oxygens (including phenoxy) is 1. The molecule has 0 saturated heterocycles. The van der Waals surface area contributed by atoms with Gasteiger partial charge in [-0.05, 0) is 36.8 Å². The van der Waals surface area contributed by atoms with Crippen LogP contribution in [0.15, 0.2) is 50.4 Å². The molecule has 9 nitrogen and oxygen atoms in total. The van der Waals surface area contributed by atoms with Crippen LogP contribution < -0.4 is 4.74 Å². The van der Waals surface area contributed by atoms with Crippen molar-refractivity contribution >= 4 is 31.6 Å². The number of rotatable bonds is 5. The molecule has 2 rings (SSSR count). The number of hydrogen-bond acceptors (Lipinski definition) is 7. The topological polar surface area (TPSA) is 143 Å². The van der Waals surface area contributed by atoms with E-state index in [0.717, 1.165) is 18.2 Å². The zero-order chi connectivity index (χ0) is 18.8. The highest BCUT2D eigenvalue weighted by Crippen LogP contribution is 2.31. The van der Waals surface area contributed by atoms with Crippen molar-refractivity contribution in [1.29, 1.82) is 0 Å². The Labute approximate surface area is 144 Å². The van der Waals surface area contributed by atoms with Crippen LogP contribution in [0, 0.1) is 13.0 Å². The first kappa shape index (κ1) is 19.0. The van der Waals surface area contributed by atoms with Gasteiger partial charge in [-0.1, -0.05) is 0 Å². The molecule has 0 amide bonds. The van der Waals surface area contributed by atoms with Crippen LogP contribution >= 0.6 is 0 Å². The molecule has 2 aromatic carbocycles. The molecular weight excluding hydrogens is 372 g/mol. The van der Waals surface area contributed by atoms with Crippen molar-refractivity contribution in [2.45, 2.75) is 16.7 Å². The smallest absolute Gasteiger partial charge is 0.296 e. The van der Waals surface area contributed by atoms with E-state index >= 15 is 0 Å². The second kappa shape index (κ2) is 6.88. The summed E-state index contributed by atoms with van der Waals surface area (Å²) in [5.41, 5.74) is 0.502. The second-order valence-corrected chi connectivity index (χ2v) is 7.66. The van der Waals surface area contributed by atoms with E-state index in [9.17, 15) is 21.4 Å². The van der Waals surface area contributed by atoms with Crippen molar-refractivity contribution in [2.75, 3.05) is 7.11 Å². The van der Waals surface area contributed by atoms with Gasteiger partial charge in [0.2, 0.25) is 0 Å². The molecule has 0 heterocycles. The van der Waals surface area contributed by atoms with Crippen molar-refractivity contribution in [2.24, 2.45) is 10.2 Å². The van der Waals surface area contributed by atoms with Gasteiger partial charge in [-0.2, -0.15) is 21.9 Å². The van der Waals surface area contributed by atoms with Crippen molar-refractivity contribution < 1.29 is 30.7 Å². The summed E-state index contributed by atoms with van der Waals surface area (Å²) in [4.78, 5) is -1.25. The van der Waals surface area contributed by atoms with Gasteiger partial charge < -0.3 is 4.74 Å². The van der Waals surface area contributed by atoms with Crippen LogP contribution in [-0.2, 0) is 20.2 Å². The van der Waals surface area contributed by atoms with E-state index < -0.39 is 35.7 Å². The highest BCUT2D eigenvalue weighted by atomic mass is 32.2. The Kier molecular flexibility index (Phi) is 5.23. The molecule has 0 unspecified atom stereocenters. The molecule has 0 aliphatic rings. The van der Waals surface area contributed by atoms with Crippen LogP contribution in [0.5, 0.6) is 5.75 Å². The van der Waals surface area contributed by atoms with E-state index in [1.165, 1.54) is 13.2 Å². The summed E-state index contributed by atoms with van der Waals surface area (Å²) in [6, 6.07) is 8.29. The highest BCUT2D eigenvalue weighted by molar-refractivity contribution is 7.86. The first-order chi connectivity index (χ1) is 11.5. The summed E-state index contributed by atoms with van der Waals surface area (Å²) in [5.74, 6) is 0.362. The Hall–Kier alpha value is -2.34. The minimum absolute atomic E-state index is 0.314. The van der Waals surface area contributed by atoms with E-state index in [4.69, 9.17) is 9.29 Å². The minimum atomic E-state index is -4.68. The van der Waals surface area contributed by atoms with Gasteiger partial charge in [0.25, 0.3) is 20.2 Å². The van der Waals surface area contributed by atoms with Gasteiger partial charge in [0, 0.05) is 12.1 Å². The lowest BCUT2D eigenvalue weighted by Crippen LogP contribution is -2.02. The number of methoxy groups -OCH3 is 1. The molecule has 0 aromatic heterocycles. The number of azo groups is 1. The van der Waals surface area contributed by atoms with Crippen molar-refractivity contribution in [3.63, 3.8) is 0 Å². The lowest BCUT2D eigenvalue weighted by molar-refractivity contribution is 0.414. The largest absolute Gasteiger partial charge is 0.496 e. The van der Waals surface area contributed by atoms with Crippen molar-refractivity contribution in [3.05, 3.63) is 42.0 Å². The maximum absolute atomic E-state index is 11.4. The summed E-state index contributed by atoms with van der Waals surface area (Å²) in [7, 11) is -7.85. The lowest BCUT2D eigenvalue weighted by atomic mass is 10.2. The molecule has 133 valence electrons. The summed E-state index contributed by atoms with van der Waals surface area (Å²) >= 11 is 0. The Bertz CT molecular complexity index is 1040. The van der Waals surface area contributed by atoms with Crippen LogP contribution in [0.25, 0.3) is 0 Å². The fraction of sp³-hybridized carbons (Fsp3) is 0.143. The molecule has 2 aromatic rings. The zero-order valence-corrected chi connectivity index (χ0v) is 14.7. The van der Waals surface area contributed by atoms with E-state index in [-0.39, 0.29) is 0 Å². The number of nitrogens with zero attached hydrogens (tertiary/aromatic N) is 2. The molecule has 0 aliphatic heterocycles.